The van der Waals surface area contributed by atoms with Gasteiger partial charge in [-0.25, -0.2) is 4.79 Å². The number of aryl methyl sites for hydroxylation is 2. The summed E-state index contributed by atoms with van der Waals surface area (Å²) in [4.78, 5) is 40.3. The number of amides is 1. The van der Waals surface area contributed by atoms with Crippen LogP contribution in [0.1, 0.15) is 12.1 Å². The molecule has 0 spiro atoms. The van der Waals surface area contributed by atoms with E-state index in [1.165, 1.54) is 16.8 Å². The summed E-state index contributed by atoms with van der Waals surface area (Å²) < 4.78 is 6.64. The van der Waals surface area contributed by atoms with Crippen LogP contribution in [0.2, 0.25) is 0 Å². The summed E-state index contributed by atoms with van der Waals surface area (Å²) in [5.41, 5.74) is -0.0993. The molecular weight excluding hydrogens is 324 g/mol. The molecule has 2 rings (SSSR count). The molecular formula is C17H18N4O4. The minimum atomic E-state index is -0.539. The van der Waals surface area contributed by atoms with Gasteiger partial charge in [-0.05, 0) is 19.1 Å². The standard InChI is InChI=1S/C17H18N4O4/c1-13-4-5-14(12-19-13)25-11-3-2-8-18-15(22)6-9-21-10-7-16(23)20-17(21)24/h4-5,7,10,12H,6,8-9,11H2,1H3,(H,18,22)(H,20,23,24). The van der Waals surface area contributed by atoms with Gasteiger partial charge in [0.2, 0.25) is 5.91 Å². The fourth-order valence-corrected chi connectivity index (χ4v) is 1.85. The maximum Gasteiger partial charge on any atom is 0.328 e. The predicted molar refractivity (Wildman–Crippen MR) is 91.2 cm³/mol. The van der Waals surface area contributed by atoms with Gasteiger partial charge >= 0.3 is 5.69 Å². The van der Waals surface area contributed by atoms with Crippen molar-refractivity contribution in [1.82, 2.24) is 19.9 Å². The number of aromatic nitrogens is 3. The van der Waals surface area contributed by atoms with Crippen molar-refractivity contribution < 1.29 is 9.53 Å². The van der Waals surface area contributed by atoms with Gasteiger partial charge in [-0.3, -0.25) is 19.6 Å². The summed E-state index contributed by atoms with van der Waals surface area (Å²) in [5.74, 6) is 5.95. The molecule has 0 aromatic carbocycles. The highest BCUT2D eigenvalue weighted by Crippen LogP contribution is 2.07. The molecule has 0 saturated heterocycles. The molecule has 2 heterocycles. The van der Waals surface area contributed by atoms with Crippen molar-refractivity contribution >= 4 is 5.91 Å². The Bertz CT molecular complexity index is 888. The van der Waals surface area contributed by atoms with E-state index in [1.54, 1.807) is 6.20 Å². The number of hydrogen-bond donors (Lipinski definition) is 2. The number of rotatable bonds is 6. The molecule has 0 radical (unpaired) electrons. The molecule has 8 nitrogen and oxygen atoms in total. The van der Waals surface area contributed by atoms with Crippen LogP contribution in [0, 0.1) is 18.8 Å². The maximum absolute atomic E-state index is 11.7. The van der Waals surface area contributed by atoms with E-state index in [-0.39, 0.29) is 32.0 Å². The third-order valence-corrected chi connectivity index (χ3v) is 3.17. The maximum atomic E-state index is 11.7. The molecule has 0 aliphatic carbocycles. The van der Waals surface area contributed by atoms with Crippen LogP contribution in [0.4, 0.5) is 0 Å². The first-order valence-electron chi connectivity index (χ1n) is 7.62. The molecule has 2 aromatic rings. The molecule has 2 aromatic heterocycles. The lowest BCUT2D eigenvalue weighted by Gasteiger charge is -2.04. The van der Waals surface area contributed by atoms with Crippen molar-refractivity contribution in [2.24, 2.45) is 0 Å². The van der Waals surface area contributed by atoms with Crippen LogP contribution < -0.4 is 21.3 Å². The van der Waals surface area contributed by atoms with E-state index in [0.717, 1.165) is 5.69 Å². The molecule has 0 aliphatic heterocycles. The lowest BCUT2D eigenvalue weighted by molar-refractivity contribution is -0.121. The lowest BCUT2D eigenvalue weighted by atomic mass is 10.4. The smallest absolute Gasteiger partial charge is 0.328 e. The summed E-state index contributed by atoms with van der Waals surface area (Å²) in [6.45, 7) is 2.46. The van der Waals surface area contributed by atoms with Crippen molar-refractivity contribution in [3.63, 3.8) is 0 Å². The van der Waals surface area contributed by atoms with Crippen LogP contribution in [0.15, 0.2) is 40.2 Å². The normalized spacial score (nSPS) is 9.80. The first-order valence-corrected chi connectivity index (χ1v) is 7.62. The highest BCUT2D eigenvalue weighted by atomic mass is 16.5. The summed E-state index contributed by atoms with van der Waals surface area (Å²) >= 11 is 0. The Hall–Kier alpha value is -3.34. The lowest BCUT2D eigenvalue weighted by Crippen LogP contribution is -2.31. The average Bonchev–Trinajstić information content (AvgIpc) is 2.59. The van der Waals surface area contributed by atoms with E-state index < -0.39 is 11.2 Å². The highest BCUT2D eigenvalue weighted by molar-refractivity contribution is 5.76. The number of aromatic amines is 1. The fourth-order valence-electron chi connectivity index (χ4n) is 1.85. The molecule has 2 N–H and O–H groups in total. The summed E-state index contributed by atoms with van der Waals surface area (Å²) in [5, 5.41) is 2.62. The number of nitrogens with one attached hydrogen (secondary N) is 2. The zero-order chi connectivity index (χ0) is 18.1. The number of H-pyrrole nitrogens is 1. The van der Waals surface area contributed by atoms with Crippen LogP contribution in [-0.4, -0.2) is 33.6 Å². The first kappa shape index (κ1) is 18.0. The Balaban J connectivity index is 1.66. The Morgan fingerprint density at radius 3 is 2.88 bits per heavy atom. The van der Waals surface area contributed by atoms with Crippen LogP contribution in [-0.2, 0) is 11.3 Å². The summed E-state index contributed by atoms with van der Waals surface area (Å²) in [6.07, 6.45) is 3.09. The molecule has 0 aliphatic rings. The average molecular weight is 342 g/mol. The third-order valence-electron chi connectivity index (χ3n) is 3.17. The predicted octanol–water partition coefficient (Wildman–Crippen LogP) is -0.171. The molecule has 0 saturated carbocycles. The van der Waals surface area contributed by atoms with Gasteiger partial charge in [-0.15, -0.1) is 0 Å². The van der Waals surface area contributed by atoms with Gasteiger partial charge in [0.15, 0.2) is 0 Å². The van der Waals surface area contributed by atoms with E-state index in [4.69, 9.17) is 4.74 Å². The molecule has 130 valence electrons. The molecule has 25 heavy (non-hydrogen) atoms. The van der Waals surface area contributed by atoms with E-state index in [0.29, 0.717) is 5.75 Å². The van der Waals surface area contributed by atoms with Gasteiger partial charge in [-0.2, -0.15) is 0 Å². The minimum absolute atomic E-state index is 0.110. The molecule has 0 bridgehead atoms. The van der Waals surface area contributed by atoms with Crippen molar-refractivity contribution in [3.05, 3.63) is 57.1 Å². The van der Waals surface area contributed by atoms with Crippen molar-refractivity contribution in [3.8, 4) is 17.6 Å². The van der Waals surface area contributed by atoms with Gasteiger partial charge in [0.1, 0.15) is 12.4 Å². The van der Waals surface area contributed by atoms with Crippen LogP contribution in [0.5, 0.6) is 5.75 Å². The quantitative estimate of drug-likeness (QED) is 0.709. The van der Waals surface area contributed by atoms with Crippen molar-refractivity contribution in [1.29, 1.82) is 0 Å². The number of carbonyl (C=O) groups is 1. The zero-order valence-corrected chi connectivity index (χ0v) is 13.7. The highest BCUT2D eigenvalue weighted by Gasteiger charge is 2.02. The van der Waals surface area contributed by atoms with Crippen LogP contribution in [0.3, 0.4) is 0 Å². The number of nitrogens with zero attached hydrogens (tertiary/aromatic N) is 2. The van der Waals surface area contributed by atoms with Crippen LogP contribution in [0.25, 0.3) is 0 Å². The topological polar surface area (TPSA) is 106 Å². The molecule has 1 amide bonds. The second-order valence-electron chi connectivity index (χ2n) is 5.11. The number of carbonyl (C=O) groups excluding carboxylic acids is 1. The minimum Gasteiger partial charge on any atom is -0.479 e. The first-order chi connectivity index (χ1) is 12.0. The molecule has 0 fully saturated rings. The van der Waals surface area contributed by atoms with Gasteiger partial charge in [0.05, 0.1) is 12.7 Å². The third kappa shape index (κ3) is 6.35. The zero-order valence-electron chi connectivity index (χ0n) is 13.7. The Morgan fingerprint density at radius 1 is 1.32 bits per heavy atom. The summed E-state index contributed by atoms with van der Waals surface area (Å²) in [7, 11) is 0. The van der Waals surface area contributed by atoms with Gasteiger partial charge in [0.25, 0.3) is 5.56 Å². The second-order valence-corrected chi connectivity index (χ2v) is 5.11. The van der Waals surface area contributed by atoms with Crippen LogP contribution >= 0.6 is 0 Å². The number of pyridine rings is 1. The SMILES string of the molecule is Cc1ccc(OCC#CCNC(=O)CCn2ccc(=O)[nH]c2=O)cn1. The Morgan fingerprint density at radius 2 is 2.16 bits per heavy atom. The largest absolute Gasteiger partial charge is 0.479 e. The fraction of sp³-hybridized carbons (Fsp3) is 0.294. The van der Waals surface area contributed by atoms with E-state index in [9.17, 15) is 14.4 Å². The van der Waals surface area contributed by atoms with Gasteiger partial charge in [-0.1, -0.05) is 11.8 Å². The van der Waals surface area contributed by atoms with Gasteiger partial charge in [0, 0.05) is 30.9 Å². The van der Waals surface area contributed by atoms with E-state index in [2.05, 4.69) is 27.1 Å². The molecule has 0 atom stereocenters. The summed E-state index contributed by atoms with van der Waals surface area (Å²) in [6, 6.07) is 4.88. The number of ether oxygens (including phenoxy) is 1. The van der Waals surface area contributed by atoms with Gasteiger partial charge < -0.3 is 14.6 Å². The van der Waals surface area contributed by atoms with E-state index >= 15 is 0 Å². The Kier molecular flexibility index (Phi) is 6.54. The molecule has 8 heteroatoms. The van der Waals surface area contributed by atoms with E-state index in [1.807, 2.05) is 19.1 Å². The van der Waals surface area contributed by atoms with Crippen molar-refractivity contribution in [2.45, 2.75) is 19.9 Å². The monoisotopic (exact) mass is 342 g/mol. The molecule has 0 unspecified atom stereocenters. The number of hydrogen-bond acceptors (Lipinski definition) is 5. The van der Waals surface area contributed by atoms with Crippen molar-refractivity contribution in [2.75, 3.05) is 13.2 Å². The Labute approximate surface area is 143 Å². The second kappa shape index (κ2) is 9.08.